The average molecular weight is 363 g/mol. The number of nitrogens with zero attached hydrogens (tertiary/aromatic N) is 2. The van der Waals surface area contributed by atoms with E-state index in [9.17, 15) is 4.79 Å². The first-order chi connectivity index (χ1) is 11.1. The first-order valence-corrected chi connectivity index (χ1v) is 8.22. The molecule has 0 N–H and O–H groups in total. The van der Waals surface area contributed by atoms with Gasteiger partial charge in [-0.1, -0.05) is 23.2 Å². The zero-order valence-electron chi connectivity index (χ0n) is 11.8. The minimum absolute atomic E-state index is 0.152. The van der Waals surface area contributed by atoms with Gasteiger partial charge in [0.2, 0.25) is 11.3 Å². The summed E-state index contributed by atoms with van der Waals surface area (Å²) in [7, 11) is 1.55. The van der Waals surface area contributed by atoms with E-state index >= 15 is 0 Å². The highest BCUT2D eigenvalue weighted by Crippen LogP contribution is 2.39. The molecule has 2 heterocycles. The van der Waals surface area contributed by atoms with Gasteiger partial charge in [-0.3, -0.25) is 4.79 Å². The largest absolute Gasteiger partial charge is 0.481 e. The van der Waals surface area contributed by atoms with Gasteiger partial charge >= 0.3 is 0 Å². The number of methoxy groups -OCH3 is 1. The van der Waals surface area contributed by atoms with Gasteiger partial charge in [-0.25, -0.2) is 9.97 Å². The van der Waals surface area contributed by atoms with E-state index in [0.717, 1.165) is 0 Å². The predicted molar refractivity (Wildman–Crippen MR) is 94.4 cm³/mol. The lowest BCUT2D eigenvalue weighted by Crippen LogP contribution is -2.06. The van der Waals surface area contributed by atoms with Crippen LogP contribution in [0.3, 0.4) is 0 Å². The van der Waals surface area contributed by atoms with Crippen LogP contribution >= 0.6 is 34.5 Å². The molecule has 4 nitrogen and oxygen atoms in total. The van der Waals surface area contributed by atoms with Crippen molar-refractivity contribution in [2.24, 2.45) is 0 Å². The second kappa shape index (κ2) is 5.30. The third-order valence-electron chi connectivity index (χ3n) is 3.55. The zero-order valence-corrected chi connectivity index (χ0v) is 14.1. The molecule has 23 heavy (non-hydrogen) atoms. The fraction of sp³-hybridized carbons (Fsp3) is 0.0625. The van der Waals surface area contributed by atoms with Gasteiger partial charge in [0, 0.05) is 21.9 Å². The number of benzene rings is 2. The van der Waals surface area contributed by atoms with E-state index in [-0.39, 0.29) is 10.5 Å². The van der Waals surface area contributed by atoms with Crippen LogP contribution in [0, 0.1) is 0 Å². The first-order valence-electron chi connectivity index (χ1n) is 6.65. The van der Waals surface area contributed by atoms with Crippen molar-refractivity contribution < 1.29 is 4.74 Å². The van der Waals surface area contributed by atoms with Gasteiger partial charge in [0.1, 0.15) is 15.4 Å². The van der Waals surface area contributed by atoms with Crippen LogP contribution in [0.5, 0.6) is 5.88 Å². The van der Waals surface area contributed by atoms with Crippen LogP contribution in [-0.2, 0) is 0 Å². The van der Waals surface area contributed by atoms with E-state index in [1.165, 1.54) is 11.3 Å². The van der Waals surface area contributed by atoms with Crippen molar-refractivity contribution in [2.45, 2.75) is 0 Å². The zero-order chi connectivity index (χ0) is 16.1. The van der Waals surface area contributed by atoms with Crippen molar-refractivity contribution in [3.05, 3.63) is 50.6 Å². The lowest BCUT2D eigenvalue weighted by atomic mass is 10.1. The number of hydrogen-bond acceptors (Lipinski definition) is 5. The highest BCUT2D eigenvalue weighted by Gasteiger charge is 2.20. The Balaban J connectivity index is 2.23. The van der Waals surface area contributed by atoms with Crippen molar-refractivity contribution in [3.63, 3.8) is 0 Å². The van der Waals surface area contributed by atoms with E-state index in [2.05, 4.69) is 9.97 Å². The molecule has 7 heteroatoms. The summed E-state index contributed by atoms with van der Waals surface area (Å²) in [6.07, 6.45) is 0. The lowest BCUT2D eigenvalue weighted by Gasteiger charge is -2.11. The molecule has 114 valence electrons. The molecular formula is C16H8Cl2N2O2S. The summed E-state index contributed by atoms with van der Waals surface area (Å²) < 4.78 is 5.13. The Kier molecular flexibility index (Phi) is 3.37. The maximum atomic E-state index is 12.5. The molecule has 2 aliphatic rings. The summed E-state index contributed by atoms with van der Waals surface area (Å²) in [5.74, 6) is 0.484. The standard InChI is InChI=1S/C16H8Cl2N2O2S/c1-22-11-5-4-10-16(20-11)23-15-12(18)14(21)8-3-2-7(17)6-9(8)13(15)19-10/h2-6H,1H3. The van der Waals surface area contributed by atoms with E-state index in [1.807, 2.05) is 6.07 Å². The second-order valence-electron chi connectivity index (χ2n) is 4.90. The average Bonchev–Trinajstić information content (AvgIpc) is 2.57. The Morgan fingerprint density at radius 2 is 1.91 bits per heavy atom. The van der Waals surface area contributed by atoms with Gasteiger partial charge in [-0.2, -0.15) is 0 Å². The Morgan fingerprint density at radius 1 is 1.09 bits per heavy atom. The summed E-state index contributed by atoms with van der Waals surface area (Å²) in [6, 6.07) is 8.65. The molecule has 0 bridgehead atoms. The van der Waals surface area contributed by atoms with Crippen molar-refractivity contribution in [1.29, 1.82) is 0 Å². The van der Waals surface area contributed by atoms with Gasteiger partial charge in [-0.15, -0.1) is 11.3 Å². The molecule has 0 saturated heterocycles. The summed E-state index contributed by atoms with van der Waals surface area (Å²) in [5, 5.41) is 1.89. The molecule has 2 aromatic rings. The summed E-state index contributed by atoms with van der Waals surface area (Å²) in [4.78, 5) is 22.7. The number of aromatic nitrogens is 2. The van der Waals surface area contributed by atoms with Crippen molar-refractivity contribution in [2.75, 3.05) is 7.11 Å². The quantitative estimate of drug-likeness (QED) is 0.366. The second-order valence-corrected chi connectivity index (χ2v) is 6.72. The maximum Gasteiger partial charge on any atom is 0.214 e. The summed E-state index contributed by atoms with van der Waals surface area (Å²) >= 11 is 13.7. The van der Waals surface area contributed by atoms with Crippen molar-refractivity contribution in [3.8, 4) is 16.5 Å². The Bertz CT molecular complexity index is 1110. The molecule has 0 saturated carbocycles. The third-order valence-corrected chi connectivity index (χ3v) is 5.35. The van der Waals surface area contributed by atoms with Gasteiger partial charge in [-0.05, 0) is 24.3 Å². The molecule has 1 aromatic carbocycles. The molecule has 1 aromatic heterocycles. The monoisotopic (exact) mass is 362 g/mol. The SMILES string of the molecule is COc1ccc2nc3c4cc(Cl)ccc4c(=O)c(Cl)c-3sc2n1. The Labute approximate surface area is 144 Å². The number of halogens is 2. The van der Waals surface area contributed by atoms with Crippen molar-refractivity contribution >= 4 is 55.7 Å². The van der Waals surface area contributed by atoms with E-state index < -0.39 is 0 Å². The van der Waals surface area contributed by atoms with Gasteiger partial charge < -0.3 is 4.74 Å². The van der Waals surface area contributed by atoms with Crippen LogP contribution in [0.2, 0.25) is 10.0 Å². The molecule has 1 aliphatic heterocycles. The maximum absolute atomic E-state index is 12.5. The van der Waals surface area contributed by atoms with Crippen LogP contribution in [0.15, 0.2) is 35.1 Å². The molecule has 0 amide bonds. The van der Waals surface area contributed by atoms with E-state index in [4.69, 9.17) is 27.9 Å². The fourth-order valence-corrected chi connectivity index (χ4v) is 3.93. The fourth-order valence-electron chi connectivity index (χ4n) is 2.47. The number of rotatable bonds is 1. The highest BCUT2D eigenvalue weighted by molar-refractivity contribution is 7.21. The molecule has 0 radical (unpaired) electrons. The number of hydrogen-bond donors (Lipinski definition) is 0. The molecule has 0 spiro atoms. The Morgan fingerprint density at radius 3 is 2.70 bits per heavy atom. The van der Waals surface area contributed by atoms with E-state index in [0.29, 0.717) is 42.6 Å². The molecular weight excluding hydrogens is 355 g/mol. The van der Waals surface area contributed by atoms with Crippen molar-refractivity contribution in [1.82, 2.24) is 9.97 Å². The molecule has 0 fully saturated rings. The van der Waals surface area contributed by atoms with Crippen LogP contribution < -0.4 is 10.2 Å². The number of pyridine rings is 1. The molecule has 1 aliphatic carbocycles. The van der Waals surface area contributed by atoms with Gasteiger partial charge in [0.25, 0.3) is 0 Å². The van der Waals surface area contributed by atoms with Gasteiger partial charge in [0.05, 0.1) is 17.7 Å². The van der Waals surface area contributed by atoms with Gasteiger partial charge in [0.15, 0.2) is 0 Å². The smallest absolute Gasteiger partial charge is 0.214 e. The highest BCUT2D eigenvalue weighted by atomic mass is 35.5. The third kappa shape index (κ3) is 2.24. The molecule has 0 unspecified atom stereocenters. The normalized spacial score (nSPS) is 11.4. The van der Waals surface area contributed by atoms with Crippen LogP contribution in [0.1, 0.15) is 0 Å². The number of ether oxygens (including phenoxy) is 1. The summed E-state index contributed by atoms with van der Waals surface area (Å²) in [6.45, 7) is 0. The predicted octanol–water partition coefficient (Wildman–Crippen LogP) is 4.62. The van der Waals surface area contributed by atoms with Crippen LogP contribution in [0.4, 0.5) is 0 Å². The summed E-state index contributed by atoms with van der Waals surface area (Å²) in [5.41, 5.74) is 1.13. The van der Waals surface area contributed by atoms with Crippen LogP contribution in [0.25, 0.3) is 31.7 Å². The lowest BCUT2D eigenvalue weighted by molar-refractivity contribution is 0.400. The van der Waals surface area contributed by atoms with E-state index in [1.54, 1.807) is 31.4 Å². The molecule has 0 atom stereocenters. The first kappa shape index (κ1) is 14.6. The Hall–Kier alpha value is -1.95. The number of fused-ring (bicyclic) bond motifs is 4. The molecule has 4 rings (SSSR count). The van der Waals surface area contributed by atoms with Crippen LogP contribution in [-0.4, -0.2) is 17.1 Å². The minimum atomic E-state index is -0.230. The minimum Gasteiger partial charge on any atom is -0.481 e. The topological polar surface area (TPSA) is 52.1 Å².